The Morgan fingerprint density at radius 3 is 2.37 bits per heavy atom. The third kappa shape index (κ3) is 4.92. The van der Waals surface area contributed by atoms with Gasteiger partial charge in [0.2, 0.25) is 0 Å². The van der Waals surface area contributed by atoms with E-state index in [2.05, 4.69) is 16.0 Å². The van der Waals surface area contributed by atoms with Gasteiger partial charge in [-0.05, 0) is 74.5 Å². The molecule has 4 aliphatic carbocycles. The Morgan fingerprint density at radius 2 is 1.73 bits per heavy atom. The number of rotatable bonds is 8. The van der Waals surface area contributed by atoms with Gasteiger partial charge in [0.15, 0.2) is 0 Å². The first-order valence-electron chi connectivity index (χ1n) is 10.7. The van der Waals surface area contributed by atoms with E-state index in [1.807, 2.05) is 0 Å². The number of hydrogen-bond acceptors (Lipinski definition) is 4. The fourth-order valence-electron chi connectivity index (χ4n) is 5.90. The number of urea groups is 1. The maximum Gasteiger partial charge on any atom is 0.329 e. The number of carboxylic acids is 1. The predicted molar refractivity (Wildman–Crippen MR) is 110 cm³/mol. The van der Waals surface area contributed by atoms with Crippen LogP contribution in [0, 0.1) is 17.8 Å². The van der Waals surface area contributed by atoms with Crippen molar-refractivity contribution in [2.45, 2.75) is 44.1 Å². The van der Waals surface area contributed by atoms with Crippen LogP contribution in [0.1, 0.15) is 48.9 Å². The van der Waals surface area contributed by atoms with Crippen molar-refractivity contribution in [2.75, 3.05) is 25.1 Å². The first-order chi connectivity index (χ1) is 14.4. The van der Waals surface area contributed by atoms with E-state index < -0.39 is 12.6 Å². The number of amides is 3. The molecule has 8 nitrogen and oxygen atoms in total. The summed E-state index contributed by atoms with van der Waals surface area (Å²) in [5.41, 5.74) is 0.914. The molecule has 0 aromatic heterocycles. The molecule has 4 aliphatic rings. The van der Waals surface area contributed by atoms with Crippen molar-refractivity contribution in [3.8, 4) is 0 Å². The third-order valence-electron chi connectivity index (χ3n) is 6.56. The Kier molecular flexibility index (Phi) is 5.94. The van der Waals surface area contributed by atoms with Crippen LogP contribution in [0.2, 0.25) is 0 Å². The van der Waals surface area contributed by atoms with Gasteiger partial charge in [-0.25, -0.2) is 9.59 Å². The number of aliphatic carboxylic acids is 1. The van der Waals surface area contributed by atoms with E-state index in [4.69, 9.17) is 9.84 Å². The SMILES string of the molecule is O=C(O)COCCNC(=O)c1cccc(NC(=O)NC23CC4CC(CC(C4)C2)C3)c1. The highest BCUT2D eigenvalue weighted by atomic mass is 16.5. The molecule has 0 spiro atoms. The molecule has 1 aromatic rings. The lowest BCUT2D eigenvalue weighted by Gasteiger charge is -2.56. The summed E-state index contributed by atoms with van der Waals surface area (Å²) in [5, 5.41) is 17.3. The molecule has 0 aliphatic heterocycles. The van der Waals surface area contributed by atoms with Crippen molar-refractivity contribution in [1.82, 2.24) is 10.6 Å². The quantitative estimate of drug-likeness (QED) is 0.487. The molecular formula is C22H29N3O5. The minimum absolute atomic E-state index is 0.0657. The fraction of sp³-hybridized carbons (Fsp3) is 0.591. The van der Waals surface area contributed by atoms with Crippen molar-refractivity contribution in [3.63, 3.8) is 0 Å². The minimum Gasteiger partial charge on any atom is -0.480 e. The number of anilines is 1. The zero-order valence-electron chi connectivity index (χ0n) is 17.0. The van der Waals surface area contributed by atoms with Gasteiger partial charge in [-0.15, -0.1) is 0 Å². The maximum atomic E-state index is 12.7. The first kappa shape index (κ1) is 20.7. The third-order valence-corrected chi connectivity index (χ3v) is 6.56. The summed E-state index contributed by atoms with van der Waals surface area (Å²) in [6, 6.07) is 6.56. The number of hydrogen-bond donors (Lipinski definition) is 4. The van der Waals surface area contributed by atoms with Gasteiger partial charge in [-0.1, -0.05) is 6.07 Å². The van der Waals surface area contributed by atoms with Crippen LogP contribution in [0.3, 0.4) is 0 Å². The van der Waals surface area contributed by atoms with E-state index in [0.717, 1.165) is 37.0 Å². The largest absolute Gasteiger partial charge is 0.480 e. The second kappa shape index (κ2) is 8.63. The Hall–Kier alpha value is -2.61. The van der Waals surface area contributed by atoms with Gasteiger partial charge in [-0.3, -0.25) is 4.79 Å². The molecular weight excluding hydrogens is 386 g/mol. The number of carbonyl (C=O) groups is 3. The molecule has 0 radical (unpaired) electrons. The van der Waals surface area contributed by atoms with Gasteiger partial charge in [-0.2, -0.15) is 0 Å². The van der Waals surface area contributed by atoms with Crippen LogP contribution in [-0.4, -0.2) is 48.3 Å². The molecule has 4 bridgehead atoms. The number of carbonyl (C=O) groups excluding carboxylic acids is 2. The van der Waals surface area contributed by atoms with Gasteiger partial charge in [0.05, 0.1) is 6.61 Å². The molecule has 0 heterocycles. The normalized spacial score (nSPS) is 28.7. The molecule has 8 heteroatoms. The highest BCUT2D eigenvalue weighted by Gasteiger charge is 2.51. The van der Waals surface area contributed by atoms with Gasteiger partial charge in [0.25, 0.3) is 5.91 Å². The Balaban J connectivity index is 1.28. The maximum absolute atomic E-state index is 12.7. The van der Waals surface area contributed by atoms with Gasteiger partial charge >= 0.3 is 12.0 Å². The highest BCUT2D eigenvalue weighted by molar-refractivity contribution is 5.97. The topological polar surface area (TPSA) is 117 Å². The minimum atomic E-state index is -1.05. The lowest BCUT2D eigenvalue weighted by atomic mass is 9.53. The molecule has 162 valence electrons. The monoisotopic (exact) mass is 415 g/mol. The summed E-state index contributed by atoms with van der Waals surface area (Å²) in [6.45, 7) is -0.0756. The molecule has 5 rings (SSSR count). The van der Waals surface area contributed by atoms with Crippen LogP contribution in [0.25, 0.3) is 0 Å². The second-order valence-electron chi connectivity index (χ2n) is 9.06. The lowest BCUT2D eigenvalue weighted by Crippen LogP contribution is -2.60. The van der Waals surface area contributed by atoms with Gasteiger partial charge < -0.3 is 25.8 Å². The molecule has 0 atom stereocenters. The number of benzene rings is 1. The van der Waals surface area contributed by atoms with E-state index in [1.165, 1.54) is 19.3 Å². The van der Waals surface area contributed by atoms with E-state index in [-0.39, 0.29) is 30.6 Å². The van der Waals surface area contributed by atoms with Crippen molar-refractivity contribution in [2.24, 2.45) is 17.8 Å². The predicted octanol–water partition coefficient (Wildman–Crippen LogP) is 2.61. The van der Waals surface area contributed by atoms with Crippen molar-refractivity contribution < 1.29 is 24.2 Å². The van der Waals surface area contributed by atoms with Crippen LogP contribution in [0.4, 0.5) is 10.5 Å². The second-order valence-corrected chi connectivity index (χ2v) is 9.06. The molecule has 0 unspecified atom stereocenters. The summed E-state index contributed by atoms with van der Waals surface area (Å²) in [7, 11) is 0. The lowest BCUT2D eigenvalue weighted by molar-refractivity contribution is -0.142. The van der Waals surface area contributed by atoms with Crippen molar-refractivity contribution in [3.05, 3.63) is 29.8 Å². The highest BCUT2D eigenvalue weighted by Crippen LogP contribution is 2.55. The summed E-state index contributed by atoms with van der Waals surface area (Å²) < 4.78 is 4.89. The van der Waals surface area contributed by atoms with Crippen molar-refractivity contribution in [1.29, 1.82) is 0 Å². The van der Waals surface area contributed by atoms with Gasteiger partial charge in [0, 0.05) is 23.3 Å². The molecule has 1 aromatic carbocycles. The van der Waals surface area contributed by atoms with Crippen LogP contribution in [0.5, 0.6) is 0 Å². The molecule has 4 saturated carbocycles. The van der Waals surface area contributed by atoms with Crippen LogP contribution >= 0.6 is 0 Å². The Labute approximate surface area is 175 Å². The molecule has 3 amide bonds. The zero-order chi connectivity index (χ0) is 21.1. The number of nitrogens with one attached hydrogen (secondary N) is 3. The smallest absolute Gasteiger partial charge is 0.329 e. The molecule has 4 N–H and O–H groups in total. The summed E-state index contributed by atoms with van der Waals surface area (Å²) in [4.78, 5) is 35.4. The van der Waals surface area contributed by atoms with E-state index in [1.54, 1.807) is 24.3 Å². The first-order valence-corrected chi connectivity index (χ1v) is 10.7. The van der Waals surface area contributed by atoms with Crippen LogP contribution in [0.15, 0.2) is 24.3 Å². The van der Waals surface area contributed by atoms with Crippen LogP contribution in [-0.2, 0) is 9.53 Å². The van der Waals surface area contributed by atoms with E-state index in [0.29, 0.717) is 11.3 Å². The van der Waals surface area contributed by atoms with Crippen molar-refractivity contribution >= 4 is 23.6 Å². The average Bonchev–Trinajstić information content (AvgIpc) is 2.66. The summed E-state index contributed by atoms with van der Waals surface area (Å²) in [5.74, 6) is 0.903. The Bertz CT molecular complexity index is 789. The summed E-state index contributed by atoms with van der Waals surface area (Å²) in [6.07, 6.45) is 7.21. The zero-order valence-corrected chi connectivity index (χ0v) is 17.0. The number of ether oxygens (including phenoxy) is 1. The fourth-order valence-corrected chi connectivity index (χ4v) is 5.90. The summed E-state index contributed by atoms with van der Waals surface area (Å²) >= 11 is 0. The number of carboxylic acid groups (broad SMARTS) is 1. The molecule has 0 saturated heterocycles. The molecule has 4 fully saturated rings. The van der Waals surface area contributed by atoms with Gasteiger partial charge in [0.1, 0.15) is 6.61 Å². The van der Waals surface area contributed by atoms with E-state index >= 15 is 0 Å². The molecule has 30 heavy (non-hydrogen) atoms. The standard InChI is InChI=1S/C22H29N3O5/c26-19(27)13-30-5-4-23-20(28)17-2-1-3-18(9-17)24-21(29)25-22-10-14-6-15(11-22)8-16(7-14)12-22/h1-3,9,14-16H,4-8,10-13H2,(H,23,28)(H,26,27)(H2,24,25,29). The van der Waals surface area contributed by atoms with Crippen LogP contribution < -0.4 is 16.0 Å². The Morgan fingerprint density at radius 1 is 1.07 bits per heavy atom. The van der Waals surface area contributed by atoms with E-state index in [9.17, 15) is 14.4 Å². The average molecular weight is 415 g/mol.